The van der Waals surface area contributed by atoms with E-state index in [2.05, 4.69) is 34.1 Å². The molecule has 3 heterocycles. The van der Waals surface area contributed by atoms with Crippen molar-refractivity contribution in [3.05, 3.63) is 48.5 Å². The van der Waals surface area contributed by atoms with Crippen molar-refractivity contribution < 1.29 is 9.47 Å². The summed E-state index contributed by atoms with van der Waals surface area (Å²) >= 11 is 1.77. The molecule has 1 fully saturated rings. The highest BCUT2D eigenvalue weighted by Crippen LogP contribution is 2.42. The van der Waals surface area contributed by atoms with Crippen molar-refractivity contribution in [2.45, 2.75) is 29.3 Å². The van der Waals surface area contributed by atoms with Crippen LogP contribution in [0.3, 0.4) is 0 Å². The monoisotopic (exact) mass is 469 g/mol. The minimum Gasteiger partial charge on any atom is -0.486 e. The summed E-state index contributed by atoms with van der Waals surface area (Å²) in [6.07, 6.45) is 2.53. The lowest BCUT2D eigenvalue weighted by atomic mass is 9.95. The number of fused-ring (bicyclic) bond motifs is 2. The Morgan fingerprint density at radius 2 is 1.63 bits per heavy atom. The van der Waals surface area contributed by atoms with E-state index >= 15 is 0 Å². The summed E-state index contributed by atoms with van der Waals surface area (Å²) in [5, 5.41) is 0. The maximum absolute atomic E-state index is 6.38. The summed E-state index contributed by atoms with van der Waals surface area (Å²) in [5.41, 5.74) is 7.73. The second-order valence-corrected chi connectivity index (χ2v) is 9.03. The predicted molar refractivity (Wildman–Crippen MR) is 128 cm³/mol. The third kappa shape index (κ3) is 4.94. The van der Waals surface area contributed by atoms with E-state index in [9.17, 15) is 0 Å². The highest BCUT2D eigenvalue weighted by molar-refractivity contribution is 8.00. The number of anilines is 1. The zero-order valence-electron chi connectivity index (χ0n) is 16.8. The van der Waals surface area contributed by atoms with E-state index in [4.69, 9.17) is 15.2 Å². The van der Waals surface area contributed by atoms with Gasteiger partial charge < -0.3 is 20.1 Å². The maximum atomic E-state index is 6.38. The number of piperidine rings is 1. The van der Waals surface area contributed by atoms with Crippen LogP contribution in [-0.2, 0) is 0 Å². The van der Waals surface area contributed by atoms with E-state index in [1.165, 1.54) is 23.4 Å². The topological polar surface area (TPSA) is 51.0 Å². The molecule has 0 aromatic heterocycles. The molecule has 2 atom stereocenters. The Kier molecular flexibility index (Phi) is 8.04. The molecule has 0 spiro atoms. The number of benzene rings is 2. The Morgan fingerprint density at radius 3 is 2.43 bits per heavy atom. The first kappa shape index (κ1) is 23.4. The van der Waals surface area contributed by atoms with Gasteiger partial charge >= 0.3 is 0 Å². The zero-order chi connectivity index (χ0) is 18.9. The van der Waals surface area contributed by atoms with Gasteiger partial charge in [-0.25, -0.2) is 0 Å². The minimum atomic E-state index is 0. The molecule has 0 aliphatic carbocycles. The second-order valence-electron chi connectivity index (χ2n) is 7.87. The molecule has 0 bridgehead atoms. The summed E-state index contributed by atoms with van der Waals surface area (Å²) in [4.78, 5) is 6.21. The SMILES string of the molecule is Cl.Cl.NC1Sc2ccccc2N1CC1CCN(CC2COc3ccccc3O2)CC1. The van der Waals surface area contributed by atoms with Crippen LogP contribution in [0.1, 0.15) is 12.8 Å². The maximum Gasteiger partial charge on any atom is 0.161 e. The molecule has 0 saturated carbocycles. The average molecular weight is 470 g/mol. The molecule has 0 amide bonds. The van der Waals surface area contributed by atoms with Crippen LogP contribution < -0.4 is 20.1 Å². The summed E-state index contributed by atoms with van der Waals surface area (Å²) in [6.45, 7) is 4.85. The van der Waals surface area contributed by atoms with Crippen molar-refractivity contribution in [3.8, 4) is 11.5 Å². The van der Waals surface area contributed by atoms with Crippen LogP contribution in [0.4, 0.5) is 5.69 Å². The summed E-state index contributed by atoms with van der Waals surface area (Å²) < 4.78 is 12.0. The lowest BCUT2D eigenvalue weighted by Gasteiger charge is -2.37. The van der Waals surface area contributed by atoms with Crippen LogP contribution in [0.2, 0.25) is 0 Å². The van der Waals surface area contributed by atoms with Crippen LogP contribution in [0.5, 0.6) is 11.5 Å². The summed E-state index contributed by atoms with van der Waals surface area (Å²) in [6, 6.07) is 16.5. The number of rotatable bonds is 4. The van der Waals surface area contributed by atoms with E-state index < -0.39 is 0 Å². The molecule has 2 aromatic rings. The third-order valence-corrected chi connectivity index (χ3v) is 7.02. The number of thioether (sulfide) groups is 1. The van der Waals surface area contributed by atoms with Gasteiger partial charge in [-0.15, -0.1) is 24.8 Å². The van der Waals surface area contributed by atoms with Crippen molar-refractivity contribution in [1.82, 2.24) is 4.90 Å². The Morgan fingerprint density at radius 1 is 0.933 bits per heavy atom. The van der Waals surface area contributed by atoms with E-state index in [1.54, 1.807) is 11.8 Å². The van der Waals surface area contributed by atoms with Gasteiger partial charge in [-0.1, -0.05) is 36.0 Å². The van der Waals surface area contributed by atoms with Gasteiger partial charge in [0, 0.05) is 18.0 Å². The number of para-hydroxylation sites is 3. The lowest BCUT2D eigenvalue weighted by molar-refractivity contribution is 0.0481. The first-order valence-corrected chi connectivity index (χ1v) is 11.0. The lowest BCUT2D eigenvalue weighted by Crippen LogP contribution is -2.46. The van der Waals surface area contributed by atoms with E-state index in [-0.39, 0.29) is 36.4 Å². The number of halogens is 2. The van der Waals surface area contributed by atoms with E-state index in [1.807, 2.05) is 24.3 Å². The van der Waals surface area contributed by atoms with Gasteiger partial charge in [-0.2, -0.15) is 0 Å². The van der Waals surface area contributed by atoms with E-state index in [0.29, 0.717) is 12.5 Å². The van der Waals surface area contributed by atoms with Crippen molar-refractivity contribution in [1.29, 1.82) is 0 Å². The quantitative estimate of drug-likeness (QED) is 0.722. The summed E-state index contributed by atoms with van der Waals surface area (Å²) in [7, 11) is 0. The smallest absolute Gasteiger partial charge is 0.161 e. The first-order valence-electron chi connectivity index (χ1n) is 10.1. The van der Waals surface area contributed by atoms with Crippen LogP contribution in [0.15, 0.2) is 53.4 Å². The molecule has 2 unspecified atom stereocenters. The van der Waals surface area contributed by atoms with Gasteiger partial charge in [0.2, 0.25) is 0 Å². The number of nitrogens with zero attached hydrogens (tertiary/aromatic N) is 2. The molecular formula is C22H29Cl2N3O2S. The Hall–Kier alpha value is -1.31. The standard InChI is InChI=1S/C22H27N3O2S.2ClH/c23-22-25(18-5-1-4-8-21(18)28-22)13-16-9-11-24(12-10-16)14-17-15-26-19-6-2-3-7-20(19)27-17;;/h1-8,16-17,22H,9-15,23H2;2*1H. The van der Waals surface area contributed by atoms with Gasteiger partial charge in [0.05, 0.1) is 5.69 Å². The molecule has 5 nitrogen and oxygen atoms in total. The van der Waals surface area contributed by atoms with Gasteiger partial charge in [-0.3, -0.25) is 4.90 Å². The normalized spacial score (nSPS) is 23.3. The molecule has 8 heteroatoms. The fraction of sp³-hybridized carbons (Fsp3) is 0.455. The average Bonchev–Trinajstić information content (AvgIpc) is 3.04. The largest absolute Gasteiger partial charge is 0.486 e. The van der Waals surface area contributed by atoms with Crippen molar-refractivity contribution >= 4 is 42.3 Å². The highest BCUT2D eigenvalue weighted by Gasteiger charge is 2.31. The Balaban J connectivity index is 0.00000128. The first-order chi connectivity index (χ1) is 13.8. The number of hydrogen-bond acceptors (Lipinski definition) is 6. The molecule has 3 aliphatic rings. The number of ether oxygens (including phenoxy) is 2. The fourth-order valence-electron chi connectivity index (χ4n) is 4.40. The molecule has 2 N–H and O–H groups in total. The molecule has 2 aromatic carbocycles. The molecule has 30 heavy (non-hydrogen) atoms. The van der Waals surface area contributed by atoms with Gasteiger partial charge in [-0.05, 0) is 56.1 Å². The number of nitrogens with two attached hydrogens (primary N) is 1. The molecule has 0 radical (unpaired) electrons. The zero-order valence-corrected chi connectivity index (χ0v) is 19.3. The predicted octanol–water partition coefficient (Wildman–Crippen LogP) is 4.24. The van der Waals surface area contributed by atoms with Crippen LogP contribution in [0.25, 0.3) is 0 Å². The number of hydrogen-bond donors (Lipinski definition) is 1. The summed E-state index contributed by atoms with van der Waals surface area (Å²) in [5.74, 6) is 2.42. The van der Waals surface area contributed by atoms with Gasteiger partial charge in [0.15, 0.2) is 11.5 Å². The molecular weight excluding hydrogens is 441 g/mol. The van der Waals surface area contributed by atoms with Crippen molar-refractivity contribution in [2.24, 2.45) is 11.7 Å². The Labute approximate surface area is 195 Å². The highest BCUT2D eigenvalue weighted by atomic mass is 35.5. The fourth-order valence-corrected chi connectivity index (χ4v) is 5.45. The van der Waals surface area contributed by atoms with Crippen LogP contribution in [-0.4, -0.2) is 49.3 Å². The van der Waals surface area contributed by atoms with E-state index in [0.717, 1.165) is 37.7 Å². The Bertz CT molecular complexity index is 836. The van der Waals surface area contributed by atoms with Gasteiger partial charge in [0.1, 0.15) is 18.2 Å². The third-order valence-electron chi connectivity index (χ3n) is 5.92. The van der Waals surface area contributed by atoms with Crippen LogP contribution in [0, 0.1) is 5.92 Å². The molecule has 5 rings (SSSR count). The molecule has 164 valence electrons. The van der Waals surface area contributed by atoms with Crippen LogP contribution >= 0.6 is 36.6 Å². The minimum absolute atomic E-state index is 0. The second kappa shape index (κ2) is 10.3. The van der Waals surface area contributed by atoms with Gasteiger partial charge in [0.25, 0.3) is 0 Å². The van der Waals surface area contributed by atoms with Crippen molar-refractivity contribution in [3.63, 3.8) is 0 Å². The number of likely N-dealkylation sites (tertiary alicyclic amines) is 1. The molecule has 3 aliphatic heterocycles. The van der Waals surface area contributed by atoms with Crippen molar-refractivity contribution in [2.75, 3.05) is 37.7 Å². The molecule has 1 saturated heterocycles.